The summed E-state index contributed by atoms with van der Waals surface area (Å²) in [5, 5.41) is 0.596. The monoisotopic (exact) mass is 485 g/mol. The fraction of sp³-hybridized carbons (Fsp3) is 0.240. The molecular formula is C25H24ClNO5S. The van der Waals surface area contributed by atoms with Crippen LogP contribution in [0.15, 0.2) is 77.7 Å². The van der Waals surface area contributed by atoms with E-state index < -0.39 is 15.9 Å². The molecule has 0 saturated carbocycles. The molecule has 1 aliphatic heterocycles. The normalized spacial score (nSPS) is 16.9. The van der Waals surface area contributed by atoms with Gasteiger partial charge in [0.2, 0.25) is 0 Å². The lowest BCUT2D eigenvalue weighted by molar-refractivity contribution is 0.0666. The molecule has 1 atom stereocenters. The lowest BCUT2D eigenvalue weighted by Gasteiger charge is -2.27. The maximum absolute atomic E-state index is 13.4. The Morgan fingerprint density at radius 1 is 1.18 bits per heavy atom. The van der Waals surface area contributed by atoms with Crippen molar-refractivity contribution in [3.63, 3.8) is 0 Å². The minimum Gasteiger partial charge on any atom is -0.490 e. The van der Waals surface area contributed by atoms with Crippen LogP contribution in [0.1, 0.15) is 22.5 Å². The number of hydrogen-bond acceptors (Lipinski definition) is 5. The van der Waals surface area contributed by atoms with E-state index in [0.29, 0.717) is 40.9 Å². The lowest BCUT2D eigenvalue weighted by atomic mass is 10.1. The summed E-state index contributed by atoms with van der Waals surface area (Å²) >= 11 is 6.08. The van der Waals surface area contributed by atoms with Crippen LogP contribution < -0.4 is 4.74 Å². The number of amides is 1. The number of hydrogen-bond donors (Lipinski definition) is 0. The number of nitrogens with zero attached hydrogens (tertiary/aromatic N) is 1. The number of furan rings is 1. The summed E-state index contributed by atoms with van der Waals surface area (Å²) in [5.74, 6) is 1.57. The van der Waals surface area contributed by atoms with E-state index in [9.17, 15) is 13.2 Å². The molecule has 0 spiro atoms. The smallest absolute Gasteiger partial charge is 0.254 e. The first kappa shape index (κ1) is 23.1. The first-order valence-corrected chi connectivity index (χ1v) is 12.7. The van der Waals surface area contributed by atoms with Crippen LogP contribution in [0.3, 0.4) is 0 Å². The maximum Gasteiger partial charge on any atom is 0.254 e. The van der Waals surface area contributed by atoms with Crippen LogP contribution in [0.5, 0.6) is 5.75 Å². The Morgan fingerprint density at radius 2 is 1.97 bits per heavy atom. The number of benzene rings is 2. The van der Waals surface area contributed by atoms with Gasteiger partial charge in [0.1, 0.15) is 23.9 Å². The highest BCUT2D eigenvalue weighted by atomic mass is 35.5. The minimum atomic E-state index is -3.18. The van der Waals surface area contributed by atoms with Gasteiger partial charge in [-0.25, -0.2) is 8.42 Å². The van der Waals surface area contributed by atoms with Gasteiger partial charge in [0.15, 0.2) is 9.84 Å². The fourth-order valence-electron chi connectivity index (χ4n) is 3.83. The predicted molar refractivity (Wildman–Crippen MR) is 128 cm³/mol. The van der Waals surface area contributed by atoms with Crippen molar-refractivity contribution >= 4 is 27.3 Å². The first-order chi connectivity index (χ1) is 15.8. The number of carbonyl (C=O) groups excluding carboxylic acids is 1. The number of sulfone groups is 1. The molecule has 4 rings (SSSR count). The quantitative estimate of drug-likeness (QED) is 0.420. The van der Waals surface area contributed by atoms with Crippen LogP contribution in [0.2, 0.25) is 5.02 Å². The SMILES string of the molecule is C=CCOc1ccc(C(=O)N(Cc2ccc(-c3cccc(Cl)c3)o2)[C@H]2CCS(=O)(=O)C2)cc1. The highest BCUT2D eigenvalue weighted by Crippen LogP contribution is 2.28. The summed E-state index contributed by atoms with van der Waals surface area (Å²) in [6.07, 6.45) is 2.04. The molecule has 1 amide bonds. The number of rotatable bonds is 8. The molecule has 1 aromatic heterocycles. The Morgan fingerprint density at radius 3 is 2.64 bits per heavy atom. The van der Waals surface area contributed by atoms with E-state index in [2.05, 4.69) is 6.58 Å². The van der Waals surface area contributed by atoms with Crippen molar-refractivity contribution in [1.29, 1.82) is 0 Å². The summed E-state index contributed by atoms with van der Waals surface area (Å²) in [7, 11) is -3.18. The van der Waals surface area contributed by atoms with E-state index in [0.717, 1.165) is 5.56 Å². The Balaban J connectivity index is 1.58. The van der Waals surface area contributed by atoms with Crippen LogP contribution >= 0.6 is 11.6 Å². The molecule has 0 N–H and O–H groups in total. The summed E-state index contributed by atoms with van der Waals surface area (Å²) in [6.45, 7) is 4.14. The number of halogens is 1. The summed E-state index contributed by atoms with van der Waals surface area (Å²) < 4.78 is 35.7. The van der Waals surface area contributed by atoms with Gasteiger partial charge in [-0.1, -0.05) is 36.4 Å². The van der Waals surface area contributed by atoms with Gasteiger partial charge in [0.25, 0.3) is 5.91 Å². The van der Waals surface area contributed by atoms with Crippen LogP contribution in [0.25, 0.3) is 11.3 Å². The third-order valence-electron chi connectivity index (χ3n) is 5.48. The summed E-state index contributed by atoms with van der Waals surface area (Å²) in [6, 6.07) is 17.3. The zero-order chi connectivity index (χ0) is 23.4. The molecule has 6 nitrogen and oxygen atoms in total. The Kier molecular flexibility index (Phi) is 6.91. The molecule has 1 saturated heterocycles. The molecule has 33 heavy (non-hydrogen) atoms. The minimum absolute atomic E-state index is 0.0544. The van der Waals surface area contributed by atoms with Crippen molar-refractivity contribution in [1.82, 2.24) is 4.90 Å². The van der Waals surface area contributed by atoms with Crippen molar-refractivity contribution in [3.05, 3.63) is 89.7 Å². The Hall–Kier alpha value is -3.03. The molecule has 2 aromatic carbocycles. The van der Waals surface area contributed by atoms with Crippen LogP contribution in [0.4, 0.5) is 0 Å². The van der Waals surface area contributed by atoms with Crippen LogP contribution in [-0.2, 0) is 16.4 Å². The molecule has 0 bridgehead atoms. The number of ether oxygens (including phenoxy) is 1. The standard InChI is InChI=1S/C25H24ClNO5S/c1-2-13-31-22-8-6-18(7-9-22)25(28)27(21-12-14-33(29,30)17-21)16-23-10-11-24(32-23)19-4-3-5-20(26)15-19/h2-11,15,21H,1,12-14,16-17H2/t21-/m0/s1. The second-order valence-electron chi connectivity index (χ2n) is 7.89. The second kappa shape index (κ2) is 9.85. The van der Waals surface area contributed by atoms with Gasteiger partial charge in [-0.15, -0.1) is 0 Å². The molecule has 8 heteroatoms. The second-order valence-corrected chi connectivity index (χ2v) is 10.6. The zero-order valence-corrected chi connectivity index (χ0v) is 19.5. The molecule has 2 heterocycles. The molecular weight excluding hydrogens is 462 g/mol. The van der Waals surface area contributed by atoms with Crippen molar-refractivity contribution in [2.24, 2.45) is 0 Å². The number of carbonyl (C=O) groups is 1. The molecule has 0 unspecified atom stereocenters. The molecule has 0 aliphatic carbocycles. The predicted octanol–water partition coefficient (Wildman–Crippen LogP) is 4.99. The van der Waals surface area contributed by atoms with Gasteiger partial charge in [-0.05, 0) is 55.0 Å². The van der Waals surface area contributed by atoms with E-state index in [1.54, 1.807) is 53.4 Å². The van der Waals surface area contributed by atoms with Gasteiger partial charge < -0.3 is 14.1 Å². The van der Waals surface area contributed by atoms with Gasteiger partial charge in [0.05, 0.1) is 18.1 Å². The summed E-state index contributed by atoms with van der Waals surface area (Å²) in [4.78, 5) is 15.0. The Labute approximate surface area is 198 Å². The maximum atomic E-state index is 13.4. The van der Waals surface area contributed by atoms with Crippen molar-refractivity contribution in [3.8, 4) is 17.1 Å². The van der Waals surface area contributed by atoms with E-state index in [-0.39, 0.29) is 24.0 Å². The van der Waals surface area contributed by atoms with Gasteiger partial charge in [-0.2, -0.15) is 0 Å². The van der Waals surface area contributed by atoms with Gasteiger partial charge in [0, 0.05) is 22.2 Å². The molecule has 1 aliphatic rings. The van der Waals surface area contributed by atoms with Crippen molar-refractivity contribution in [2.75, 3.05) is 18.1 Å². The summed E-state index contributed by atoms with van der Waals surface area (Å²) in [5.41, 5.74) is 1.28. The Bertz CT molecular complexity index is 1250. The topological polar surface area (TPSA) is 76.8 Å². The third-order valence-corrected chi connectivity index (χ3v) is 7.46. The van der Waals surface area contributed by atoms with Gasteiger partial charge >= 0.3 is 0 Å². The fourth-order valence-corrected chi connectivity index (χ4v) is 5.75. The average molecular weight is 486 g/mol. The molecule has 172 valence electrons. The van der Waals surface area contributed by atoms with E-state index in [4.69, 9.17) is 20.8 Å². The van der Waals surface area contributed by atoms with E-state index in [1.165, 1.54) is 0 Å². The molecule has 3 aromatic rings. The molecule has 1 fully saturated rings. The third kappa shape index (κ3) is 5.67. The van der Waals surface area contributed by atoms with Crippen LogP contribution in [-0.4, -0.2) is 43.4 Å². The van der Waals surface area contributed by atoms with Crippen LogP contribution in [0, 0.1) is 0 Å². The lowest BCUT2D eigenvalue weighted by Crippen LogP contribution is -2.40. The largest absolute Gasteiger partial charge is 0.490 e. The van der Waals surface area contributed by atoms with Gasteiger partial charge in [-0.3, -0.25) is 4.79 Å². The van der Waals surface area contributed by atoms with Crippen molar-refractivity contribution in [2.45, 2.75) is 19.0 Å². The first-order valence-electron chi connectivity index (χ1n) is 10.5. The van der Waals surface area contributed by atoms with E-state index in [1.807, 2.05) is 18.2 Å². The highest BCUT2D eigenvalue weighted by Gasteiger charge is 2.35. The zero-order valence-electron chi connectivity index (χ0n) is 17.9. The van der Waals surface area contributed by atoms with Crippen molar-refractivity contribution < 1.29 is 22.4 Å². The average Bonchev–Trinajstić information content (AvgIpc) is 3.42. The highest BCUT2D eigenvalue weighted by molar-refractivity contribution is 7.91. The molecule has 0 radical (unpaired) electrons. The van der Waals surface area contributed by atoms with E-state index >= 15 is 0 Å².